The van der Waals surface area contributed by atoms with Crippen molar-refractivity contribution in [1.29, 1.82) is 0 Å². The maximum Gasteiger partial charge on any atom is 0.0811 e. The summed E-state index contributed by atoms with van der Waals surface area (Å²) < 4.78 is 6.19. The van der Waals surface area contributed by atoms with Crippen molar-refractivity contribution >= 4 is 0 Å². The standard InChI is InChI=1S/C26H42O4/c1-17-20(15-21(27)16-24(17)28)9-8-19-7-6-12-26(5)22(10-11-23(19)26)18(2)30-14-13-25(3,4)29/h8-9,18,21-24,27-29H,1,6-7,10-16H2,2-5H3/b19-8+,20-9-/t18-,21+,22+,23-,24-,26?/m0/s1. The van der Waals surface area contributed by atoms with E-state index in [1.165, 1.54) is 31.3 Å². The van der Waals surface area contributed by atoms with Crippen molar-refractivity contribution < 1.29 is 20.1 Å². The summed E-state index contributed by atoms with van der Waals surface area (Å²) in [7, 11) is 0. The van der Waals surface area contributed by atoms with Crippen LogP contribution in [0.15, 0.2) is 35.5 Å². The van der Waals surface area contributed by atoms with Crippen molar-refractivity contribution in [3.05, 3.63) is 35.5 Å². The molecular weight excluding hydrogens is 376 g/mol. The number of ether oxygens (including phenoxy) is 1. The smallest absolute Gasteiger partial charge is 0.0811 e. The molecule has 0 spiro atoms. The topological polar surface area (TPSA) is 69.9 Å². The van der Waals surface area contributed by atoms with Crippen LogP contribution >= 0.6 is 0 Å². The average Bonchev–Trinajstić information content (AvgIpc) is 3.00. The van der Waals surface area contributed by atoms with E-state index < -0.39 is 17.8 Å². The highest BCUT2D eigenvalue weighted by atomic mass is 16.5. The van der Waals surface area contributed by atoms with Crippen LogP contribution in [-0.4, -0.2) is 45.8 Å². The molecule has 3 aliphatic rings. The third-order valence-corrected chi connectivity index (χ3v) is 7.96. The van der Waals surface area contributed by atoms with Gasteiger partial charge in [0.15, 0.2) is 0 Å². The summed E-state index contributed by atoms with van der Waals surface area (Å²) in [4.78, 5) is 0. The van der Waals surface area contributed by atoms with Gasteiger partial charge in [0.25, 0.3) is 0 Å². The van der Waals surface area contributed by atoms with Gasteiger partial charge in [0.2, 0.25) is 0 Å². The Morgan fingerprint density at radius 1 is 1.27 bits per heavy atom. The molecule has 3 fully saturated rings. The predicted molar refractivity (Wildman–Crippen MR) is 121 cm³/mol. The molecule has 0 aromatic heterocycles. The summed E-state index contributed by atoms with van der Waals surface area (Å²) in [5.41, 5.74) is 2.82. The van der Waals surface area contributed by atoms with Crippen LogP contribution in [0.1, 0.15) is 79.1 Å². The zero-order valence-electron chi connectivity index (χ0n) is 19.4. The Morgan fingerprint density at radius 2 is 2.00 bits per heavy atom. The fraction of sp³-hybridized carbons (Fsp3) is 0.769. The normalized spacial score (nSPS) is 38.8. The first-order valence-corrected chi connectivity index (χ1v) is 11.8. The van der Waals surface area contributed by atoms with Gasteiger partial charge in [0.05, 0.1) is 23.9 Å². The minimum absolute atomic E-state index is 0.198. The van der Waals surface area contributed by atoms with E-state index >= 15 is 0 Å². The second-order valence-corrected chi connectivity index (χ2v) is 10.8. The Morgan fingerprint density at radius 3 is 2.70 bits per heavy atom. The Bertz CT molecular complexity index is 686. The maximum absolute atomic E-state index is 10.1. The number of aliphatic hydroxyl groups is 3. The van der Waals surface area contributed by atoms with Gasteiger partial charge in [-0.3, -0.25) is 0 Å². The molecule has 0 amide bonds. The minimum Gasteiger partial charge on any atom is -0.393 e. The van der Waals surface area contributed by atoms with Gasteiger partial charge >= 0.3 is 0 Å². The van der Waals surface area contributed by atoms with Gasteiger partial charge in [-0.25, -0.2) is 0 Å². The fourth-order valence-electron chi connectivity index (χ4n) is 6.13. The van der Waals surface area contributed by atoms with Crippen LogP contribution < -0.4 is 0 Å². The highest BCUT2D eigenvalue weighted by Gasteiger charge is 2.51. The number of aliphatic hydroxyl groups excluding tert-OH is 2. The summed E-state index contributed by atoms with van der Waals surface area (Å²) >= 11 is 0. The fourth-order valence-corrected chi connectivity index (χ4v) is 6.13. The second kappa shape index (κ2) is 9.28. The predicted octanol–water partition coefficient (Wildman–Crippen LogP) is 4.69. The van der Waals surface area contributed by atoms with E-state index in [0.29, 0.717) is 37.7 Å². The van der Waals surface area contributed by atoms with Crippen LogP contribution in [-0.2, 0) is 4.74 Å². The van der Waals surface area contributed by atoms with Gasteiger partial charge in [0, 0.05) is 13.0 Å². The van der Waals surface area contributed by atoms with E-state index in [4.69, 9.17) is 4.74 Å². The van der Waals surface area contributed by atoms with Crippen LogP contribution in [0.2, 0.25) is 0 Å². The van der Waals surface area contributed by atoms with Gasteiger partial charge in [0.1, 0.15) is 0 Å². The maximum atomic E-state index is 10.1. The molecule has 4 heteroatoms. The van der Waals surface area contributed by atoms with E-state index in [1.807, 2.05) is 13.8 Å². The van der Waals surface area contributed by atoms with Gasteiger partial charge < -0.3 is 20.1 Å². The molecule has 0 aromatic carbocycles. The third kappa shape index (κ3) is 5.27. The van der Waals surface area contributed by atoms with Crippen LogP contribution in [0.3, 0.4) is 0 Å². The number of fused-ring (bicyclic) bond motifs is 1. The molecule has 0 saturated heterocycles. The zero-order chi connectivity index (χ0) is 22.1. The molecule has 4 nitrogen and oxygen atoms in total. The first-order chi connectivity index (χ1) is 14.0. The number of hydrogen-bond donors (Lipinski definition) is 3. The van der Waals surface area contributed by atoms with E-state index in [1.54, 1.807) is 0 Å². The summed E-state index contributed by atoms with van der Waals surface area (Å²) in [5, 5.41) is 30.1. The molecule has 6 atom stereocenters. The lowest BCUT2D eigenvalue weighted by atomic mass is 9.62. The van der Waals surface area contributed by atoms with Gasteiger partial charge in [-0.1, -0.05) is 31.2 Å². The van der Waals surface area contributed by atoms with E-state index in [0.717, 1.165) is 17.6 Å². The molecule has 30 heavy (non-hydrogen) atoms. The van der Waals surface area contributed by atoms with Crippen molar-refractivity contribution in [2.24, 2.45) is 17.3 Å². The molecule has 3 N–H and O–H groups in total. The van der Waals surface area contributed by atoms with E-state index in [-0.39, 0.29) is 11.5 Å². The molecule has 0 aromatic rings. The lowest BCUT2D eigenvalue weighted by Crippen LogP contribution is -2.39. The third-order valence-electron chi connectivity index (χ3n) is 7.96. The Labute approximate surface area is 182 Å². The van der Waals surface area contributed by atoms with Crippen molar-refractivity contribution in [2.75, 3.05) is 6.61 Å². The molecule has 0 heterocycles. The van der Waals surface area contributed by atoms with Crippen molar-refractivity contribution in [3.63, 3.8) is 0 Å². The Kier molecular flexibility index (Phi) is 7.33. The molecular formula is C26H42O4. The van der Waals surface area contributed by atoms with Crippen LogP contribution in [0.4, 0.5) is 0 Å². The molecule has 0 bridgehead atoms. The molecule has 3 saturated carbocycles. The van der Waals surface area contributed by atoms with E-state index in [2.05, 4.69) is 32.6 Å². The molecule has 3 rings (SSSR count). The Balaban J connectivity index is 1.70. The molecule has 3 aliphatic carbocycles. The first-order valence-electron chi connectivity index (χ1n) is 11.8. The van der Waals surface area contributed by atoms with Crippen LogP contribution in [0, 0.1) is 17.3 Å². The Hall–Kier alpha value is -0.940. The van der Waals surface area contributed by atoms with Crippen molar-refractivity contribution in [2.45, 2.75) is 103 Å². The minimum atomic E-state index is -0.680. The zero-order valence-corrected chi connectivity index (χ0v) is 19.4. The highest BCUT2D eigenvalue weighted by molar-refractivity contribution is 5.38. The van der Waals surface area contributed by atoms with Crippen molar-refractivity contribution in [1.82, 2.24) is 0 Å². The SMILES string of the molecule is C=C1/C(=C\C=C2/CCCC3(C)[C@@H]([C@H](C)OCCC(C)(C)O)CC[C@@H]23)C[C@@H](O)C[C@@H]1O. The van der Waals surface area contributed by atoms with Gasteiger partial charge in [-0.2, -0.15) is 0 Å². The van der Waals surface area contributed by atoms with E-state index in [9.17, 15) is 15.3 Å². The molecule has 1 unspecified atom stereocenters. The second-order valence-electron chi connectivity index (χ2n) is 10.8. The van der Waals surface area contributed by atoms with Crippen molar-refractivity contribution in [3.8, 4) is 0 Å². The van der Waals surface area contributed by atoms with Crippen LogP contribution in [0.25, 0.3) is 0 Å². The number of allylic oxidation sites excluding steroid dienone is 3. The molecule has 0 aliphatic heterocycles. The monoisotopic (exact) mass is 418 g/mol. The lowest BCUT2D eigenvalue weighted by Gasteiger charge is -2.44. The summed E-state index contributed by atoms with van der Waals surface area (Å²) in [5.74, 6) is 1.11. The quantitative estimate of drug-likeness (QED) is 0.585. The number of rotatable bonds is 6. The lowest BCUT2D eigenvalue weighted by molar-refractivity contribution is -0.0454. The van der Waals surface area contributed by atoms with Crippen LogP contribution in [0.5, 0.6) is 0 Å². The molecule has 170 valence electrons. The number of hydrogen-bond acceptors (Lipinski definition) is 4. The summed E-state index contributed by atoms with van der Waals surface area (Å²) in [6, 6.07) is 0. The summed E-state index contributed by atoms with van der Waals surface area (Å²) in [6.07, 6.45) is 11.0. The average molecular weight is 419 g/mol. The first kappa shape index (κ1) is 23.7. The highest BCUT2D eigenvalue weighted by Crippen LogP contribution is 2.58. The molecule has 0 radical (unpaired) electrons. The van der Waals surface area contributed by atoms with Gasteiger partial charge in [-0.05, 0) is 94.1 Å². The van der Waals surface area contributed by atoms with Gasteiger partial charge in [-0.15, -0.1) is 0 Å². The largest absolute Gasteiger partial charge is 0.393 e. The summed E-state index contributed by atoms with van der Waals surface area (Å²) in [6.45, 7) is 13.0.